The van der Waals surface area contributed by atoms with Crippen LogP contribution < -0.4 is 10.5 Å². The molecule has 0 fully saturated rings. The Labute approximate surface area is 195 Å². The van der Waals surface area contributed by atoms with Crippen LogP contribution in [0.5, 0.6) is 0 Å². The van der Waals surface area contributed by atoms with Gasteiger partial charge in [-0.1, -0.05) is 18.6 Å². The van der Waals surface area contributed by atoms with Gasteiger partial charge in [-0.2, -0.15) is 4.72 Å². The highest BCUT2D eigenvalue weighted by molar-refractivity contribution is 7.89. The molecule has 0 saturated heterocycles. The van der Waals surface area contributed by atoms with Crippen molar-refractivity contribution in [1.29, 1.82) is 0 Å². The second-order valence-corrected chi connectivity index (χ2v) is 10.7. The van der Waals surface area contributed by atoms with Crippen LogP contribution in [0, 0.1) is 0 Å². The van der Waals surface area contributed by atoms with Gasteiger partial charge >= 0.3 is 5.97 Å². The Hall–Kier alpha value is -2.89. The van der Waals surface area contributed by atoms with Crippen LogP contribution in [0.2, 0.25) is 0 Å². The molecule has 0 unspecified atom stereocenters. The number of benzene rings is 1. The Morgan fingerprint density at radius 1 is 1.12 bits per heavy atom. The zero-order valence-corrected chi connectivity index (χ0v) is 19.7. The van der Waals surface area contributed by atoms with Crippen LogP contribution in [0.1, 0.15) is 52.8 Å². The molecule has 3 aromatic rings. The minimum Gasteiger partial charge on any atom is -0.456 e. The lowest BCUT2D eigenvalue weighted by Gasteiger charge is -2.08. The number of thiophene rings is 1. The number of ketones is 1. The maximum atomic E-state index is 12.4. The number of Topliss-reactive ketones (excluding diaryl/α,β-unsaturated/α-hetero) is 1. The maximum absolute atomic E-state index is 12.4. The summed E-state index contributed by atoms with van der Waals surface area (Å²) in [7, 11) is -3.93. The first-order chi connectivity index (χ1) is 15.7. The number of aryl methyl sites for hydroxylation is 2. The minimum atomic E-state index is -3.93. The number of hydrogen-bond donors (Lipinski definition) is 2. The van der Waals surface area contributed by atoms with Gasteiger partial charge in [-0.15, -0.1) is 11.3 Å². The largest absolute Gasteiger partial charge is 0.456 e. The summed E-state index contributed by atoms with van der Waals surface area (Å²) in [5.74, 6) is -0.300. The van der Waals surface area contributed by atoms with Crippen molar-refractivity contribution in [2.75, 3.05) is 12.3 Å². The topological polar surface area (TPSA) is 141 Å². The molecule has 0 amide bonds. The van der Waals surface area contributed by atoms with Crippen LogP contribution in [0.4, 0.5) is 5.82 Å². The third kappa shape index (κ3) is 5.21. The van der Waals surface area contributed by atoms with Gasteiger partial charge in [-0.3, -0.25) is 9.59 Å². The highest BCUT2D eigenvalue weighted by Gasteiger charge is 2.20. The first-order valence-corrected chi connectivity index (χ1v) is 12.9. The van der Waals surface area contributed by atoms with E-state index in [1.165, 1.54) is 48.1 Å². The van der Waals surface area contributed by atoms with Gasteiger partial charge in [0.1, 0.15) is 17.2 Å². The van der Waals surface area contributed by atoms with E-state index < -0.39 is 22.5 Å². The number of esters is 1. The molecule has 0 aliphatic heterocycles. The highest BCUT2D eigenvalue weighted by atomic mass is 32.2. The second-order valence-electron chi connectivity index (χ2n) is 7.84. The van der Waals surface area contributed by atoms with Gasteiger partial charge in [-0.25, -0.2) is 18.4 Å². The van der Waals surface area contributed by atoms with Gasteiger partial charge < -0.3 is 10.5 Å². The van der Waals surface area contributed by atoms with Gasteiger partial charge in [0, 0.05) is 10.4 Å². The third-order valence-corrected chi connectivity index (χ3v) is 8.08. The number of fused-ring (bicyclic) bond motifs is 3. The predicted molar refractivity (Wildman–Crippen MR) is 125 cm³/mol. The molecule has 0 spiro atoms. The summed E-state index contributed by atoms with van der Waals surface area (Å²) in [6.45, 7) is 0.624. The lowest BCUT2D eigenvalue weighted by Crippen LogP contribution is -2.30. The van der Waals surface area contributed by atoms with Crippen molar-refractivity contribution in [3.05, 3.63) is 46.1 Å². The minimum absolute atomic E-state index is 0.0562. The van der Waals surface area contributed by atoms with Crippen molar-refractivity contribution in [2.24, 2.45) is 0 Å². The third-order valence-electron chi connectivity index (χ3n) is 5.48. The summed E-state index contributed by atoms with van der Waals surface area (Å²) in [4.78, 5) is 34.3. The van der Waals surface area contributed by atoms with Gasteiger partial charge in [-0.05, 0) is 50.3 Å². The molecule has 0 saturated carbocycles. The first kappa shape index (κ1) is 23.3. The van der Waals surface area contributed by atoms with Crippen LogP contribution in [-0.2, 0) is 39.0 Å². The Bertz CT molecular complexity index is 1320. The molecule has 1 aliphatic carbocycles. The fraction of sp³-hybridized carbons (Fsp3) is 0.364. The van der Waals surface area contributed by atoms with E-state index in [1.807, 2.05) is 0 Å². The summed E-state index contributed by atoms with van der Waals surface area (Å²) in [5, 5.41) is 0.899. The highest BCUT2D eigenvalue weighted by Crippen LogP contribution is 2.37. The Morgan fingerprint density at radius 3 is 2.58 bits per heavy atom. The van der Waals surface area contributed by atoms with Crippen molar-refractivity contribution in [3.63, 3.8) is 0 Å². The average Bonchev–Trinajstić information content (AvgIpc) is 2.98. The zero-order chi connectivity index (χ0) is 23.6. The van der Waals surface area contributed by atoms with E-state index in [9.17, 15) is 18.0 Å². The van der Waals surface area contributed by atoms with E-state index in [1.54, 1.807) is 11.3 Å². The van der Waals surface area contributed by atoms with E-state index in [4.69, 9.17) is 10.5 Å². The number of anilines is 1. The average molecular weight is 489 g/mol. The fourth-order valence-electron chi connectivity index (χ4n) is 3.77. The lowest BCUT2D eigenvalue weighted by atomic mass is 10.1. The van der Waals surface area contributed by atoms with E-state index in [0.717, 1.165) is 35.9 Å². The molecule has 3 N–H and O–H groups in total. The van der Waals surface area contributed by atoms with Crippen LogP contribution in [0.15, 0.2) is 29.2 Å². The number of hydrogen-bond acceptors (Lipinski definition) is 9. The number of carbonyl (C=O) groups excluding carboxylic acids is 2. The van der Waals surface area contributed by atoms with E-state index in [0.29, 0.717) is 11.4 Å². The van der Waals surface area contributed by atoms with Crippen molar-refractivity contribution in [2.45, 2.75) is 50.5 Å². The Kier molecular flexibility index (Phi) is 6.73. The molecule has 0 radical (unpaired) electrons. The van der Waals surface area contributed by atoms with Crippen LogP contribution >= 0.6 is 11.3 Å². The molecule has 174 valence electrons. The van der Waals surface area contributed by atoms with Gasteiger partial charge in [0.25, 0.3) is 0 Å². The molecule has 1 aliphatic rings. The molecular formula is C22H24N4O5S2. The molecule has 33 heavy (non-hydrogen) atoms. The SMILES string of the molecule is CC(=O)c1ccc(S(=O)(=O)NCC(=O)OCc2nc(N)c3c4c(sc3n2)CCCCC4)cc1. The summed E-state index contributed by atoms with van der Waals surface area (Å²) in [5.41, 5.74) is 7.83. The normalized spacial score (nSPS) is 14.0. The predicted octanol–water partition coefficient (Wildman–Crippen LogP) is 2.77. The molecule has 2 aromatic heterocycles. The molecule has 0 bridgehead atoms. The van der Waals surface area contributed by atoms with Crippen molar-refractivity contribution < 1.29 is 22.7 Å². The molecule has 9 nitrogen and oxygen atoms in total. The van der Waals surface area contributed by atoms with Gasteiger partial charge in [0.2, 0.25) is 10.0 Å². The van der Waals surface area contributed by atoms with E-state index >= 15 is 0 Å². The van der Waals surface area contributed by atoms with Crippen LogP contribution in [0.25, 0.3) is 10.2 Å². The number of nitrogens with one attached hydrogen (secondary N) is 1. The van der Waals surface area contributed by atoms with E-state index in [2.05, 4.69) is 14.7 Å². The number of aromatic nitrogens is 2. The second kappa shape index (κ2) is 9.54. The van der Waals surface area contributed by atoms with Gasteiger partial charge in [0.05, 0.1) is 10.3 Å². The summed E-state index contributed by atoms with van der Waals surface area (Å²) < 4.78 is 32.1. The number of nitrogens with zero attached hydrogens (tertiary/aromatic N) is 2. The number of nitrogen functional groups attached to an aromatic ring is 1. The summed E-state index contributed by atoms with van der Waals surface area (Å²) in [6.07, 6.45) is 5.45. The Balaban J connectivity index is 1.38. The van der Waals surface area contributed by atoms with Crippen molar-refractivity contribution in [3.8, 4) is 0 Å². The smallest absolute Gasteiger partial charge is 0.321 e. The van der Waals surface area contributed by atoms with Gasteiger partial charge in [0.15, 0.2) is 18.2 Å². The maximum Gasteiger partial charge on any atom is 0.321 e. The zero-order valence-electron chi connectivity index (χ0n) is 18.1. The fourth-order valence-corrected chi connectivity index (χ4v) is 6.03. The first-order valence-electron chi connectivity index (χ1n) is 10.6. The molecule has 4 rings (SSSR count). The quantitative estimate of drug-likeness (QED) is 0.294. The number of sulfonamides is 1. The summed E-state index contributed by atoms with van der Waals surface area (Å²) in [6, 6.07) is 5.44. The Morgan fingerprint density at radius 2 is 1.85 bits per heavy atom. The monoisotopic (exact) mass is 488 g/mol. The molecule has 0 atom stereocenters. The van der Waals surface area contributed by atoms with Crippen molar-refractivity contribution >= 4 is 49.1 Å². The molecule has 11 heteroatoms. The lowest BCUT2D eigenvalue weighted by molar-refractivity contribution is -0.143. The molecule has 2 heterocycles. The summed E-state index contributed by atoms with van der Waals surface area (Å²) >= 11 is 1.61. The van der Waals surface area contributed by atoms with Crippen molar-refractivity contribution in [1.82, 2.24) is 14.7 Å². The standard InChI is InChI=1S/C22H24N4O5S2/c1-13(27)14-7-9-15(10-8-14)33(29,30)24-11-19(28)31-12-18-25-21(23)20-16-5-3-2-4-6-17(16)32-22(20)26-18/h7-10,24H,2-6,11-12H2,1H3,(H2,23,25,26). The number of ether oxygens (including phenoxy) is 1. The van der Waals surface area contributed by atoms with Crippen LogP contribution in [-0.4, -0.2) is 36.7 Å². The molecular weight excluding hydrogens is 464 g/mol. The number of nitrogens with two attached hydrogens (primary N) is 1. The van der Waals surface area contributed by atoms with E-state index in [-0.39, 0.29) is 23.1 Å². The molecule has 1 aromatic carbocycles. The number of carbonyl (C=O) groups is 2. The number of rotatable bonds is 7. The van der Waals surface area contributed by atoms with Crippen LogP contribution in [0.3, 0.4) is 0 Å².